The fraction of sp³-hybridized carbons (Fsp3) is 0.217. The lowest BCUT2D eigenvalue weighted by atomic mass is 10.1. The fourth-order valence-electron chi connectivity index (χ4n) is 3.39. The van der Waals surface area contributed by atoms with Crippen LogP contribution in [0.5, 0.6) is 0 Å². The van der Waals surface area contributed by atoms with Gasteiger partial charge in [-0.2, -0.15) is 4.99 Å². The Kier molecular flexibility index (Phi) is 6.27. The Morgan fingerprint density at radius 2 is 1.88 bits per heavy atom. The number of aromatic nitrogens is 2. The molecule has 0 aliphatic carbocycles. The van der Waals surface area contributed by atoms with E-state index in [1.54, 1.807) is 29.2 Å². The van der Waals surface area contributed by atoms with Gasteiger partial charge >= 0.3 is 0 Å². The molecule has 4 rings (SSSR count). The Morgan fingerprint density at radius 1 is 1.06 bits per heavy atom. The molecule has 1 aliphatic heterocycles. The summed E-state index contributed by atoms with van der Waals surface area (Å²) in [5, 5.41) is 3.30. The number of aryl methyl sites for hydroxylation is 1. The second-order valence-electron chi connectivity index (χ2n) is 7.37. The van der Waals surface area contributed by atoms with E-state index in [0.29, 0.717) is 37.4 Å². The number of carbonyl (C=O) groups is 2. The molecule has 1 fully saturated rings. The maximum Gasteiger partial charge on any atom is 0.280 e. The van der Waals surface area contributed by atoms with Crippen molar-refractivity contribution in [1.82, 2.24) is 14.9 Å². The van der Waals surface area contributed by atoms with E-state index in [-0.39, 0.29) is 17.1 Å². The standard InChI is InChI=1S/C23H23N5O4/c1-15-13-16(21(30)27-23-24-8-7-20(29)26-23)5-6-19(15)25-18-4-2-3-17(14-18)22(31)28-9-11-32-12-10-28/h2-8,13-14,25H,9-12H2,1H3,(H2,24,26,27,29,30). The van der Waals surface area contributed by atoms with E-state index < -0.39 is 5.91 Å². The number of morpholine rings is 1. The molecule has 0 atom stereocenters. The largest absolute Gasteiger partial charge is 0.378 e. The van der Waals surface area contributed by atoms with E-state index in [0.717, 1.165) is 16.9 Å². The number of anilines is 2. The van der Waals surface area contributed by atoms with E-state index >= 15 is 0 Å². The summed E-state index contributed by atoms with van der Waals surface area (Å²) >= 11 is 0. The molecular weight excluding hydrogens is 410 g/mol. The highest BCUT2D eigenvalue weighted by Crippen LogP contribution is 2.23. The van der Waals surface area contributed by atoms with Crippen LogP contribution in [0.4, 0.5) is 11.4 Å². The third-order valence-electron chi connectivity index (χ3n) is 5.07. The van der Waals surface area contributed by atoms with Crippen molar-refractivity contribution in [2.75, 3.05) is 31.6 Å². The van der Waals surface area contributed by atoms with Crippen molar-refractivity contribution in [3.8, 4) is 0 Å². The first-order valence-electron chi connectivity index (χ1n) is 10.2. The van der Waals surface area contributed by atoms with Gasteiger partial charge in [0.25, 0.3) is 17.4 Å². The quantitative estimate of drug-likeness (QED) is 0.581. The Hall–Kier alpha value is -3.98. The molecule has 3 N–H and O–H groups in total. The van der Waals surface area contributed by atoms with Crippen LogP contribution in [0.25, 0.3) is 0 Å². The molecule has 0 spiro atoms. The third-order valence-corrected chi connectivity index (χ3v) is 5.07. The average molecular weight is 433 g/mol. The molecule has 1 aromatic heterocycles. The maximum atomic E-state index is 12.7. The van der Waals surface area contributed by atoms with Crippen molar-refractivity contribution >= 4 is 23.2 Å². The van der Waals surface area contributed by atoms with Gasteiger partial charge in [-0.1, -0.05) is 6.07 Å². The summed E-state index contributed by atoms with van der Waals surface area (Å²) in [5.41, 5.74) is 3.14. The van der Waals surface area contributed by atoms with Crippen molar-refractivity contribution in [3.63, 3.8) is 0 Å². The Morgan fingerprint density at radius 3 is 2.62 bits per heavy atom. The van der Waals surface area contributed by atoms with Crippen LogP contribution in [-0.2, 0) is 4.74 Å². The van der Waals surface area contributed by atoms with Crippen molar-refractivity contribution < 1.29 is 14.3 Å². The van der Waals surface area contributed by atoms with Gasteiger partial charge in [-0.25, -0.2) is 0 Å². The first-order chi connectivity index (χ1) is 15.5. The number of H-pyrrole nitrogens is 2. The van der Waals surface area contributed by atoms with Crippen LogP contribution in [0.2, 0.25) is 0 Å². The number of hydrogen-bond acceptors (Lipinski definition) is 5. The minimum absolute atomic E-state index is 0.0213. The average Bonchev–Trinajstić information content (AvgIpc) is 2.80. The maximum absolute atomic E-state index is 12.7. The number of amides is 2. The molecule has 1 aliphatic rings. The van der Waals surface area contributed by atoms with E-state index in [4.69, 9.17) is 4.74 Å². The fourth-order valence-corrected chi connectivity index (χ4v) is 3.39. The summed E-state index contributed by atoms with van der Waals surface area (Å²) in [6, 6.07) is 13.8. The summed E-state index contributed by atoms with van der Waals surface area (Å²) in [7, 11) is 0. The summed E-state index contributed by atoms with van der Waals surface area (Å²) < 4.78 is 5.31. The molecule has 32 heavy (non-hydrogen) atoms. The minimum Gasteiger partial charge on any atom is -0.378 e. The highest BCUT2D eigenvalue weighted by atomic mass is 16.5. The molecular formula is C23H23N5O4. The Balaban J connectivity index is 1.50. The van der Waals surface area contributed by atoms with Gasteiger partial charge in [0.05, 0.1) is 13.2 Å². The normalized spacial score (nSPS) is 14.3. The molecule has 3 aromatic rings. The first-order valence-corrected chi connectivity index (χ1v) is 10.2. The minimum atomic E-state index is -0.476. The zero-order valence-electron chi connectivity index (χ0n) is 17.6. The van der Waals surface area contributed by atoms with Crippen molar-refractivity contribution in [2.45, 2.75) is 6.92 Å². The number of carbonyl (C=O) groups excluding carboxylic acids is 2. The Labute approximate surface area is 183 Å². The smallest absolute Gasteiger partial charge is 0.280 e. The van der Waals surface area contributed by atoms with E-state index in [9.17, 15) is 14.4 Å². The molecule has 0 unspecified atom stereocenters. The van der Waals surface area contributed by atoms with E-state index in [2.05, 4.69) is 20.3 Å². The summed E-state index contributed by atoms with van der Waals surface area (Å²) in [4.78, 5) is 47.4. The molecule has 2 amide bonds. The first kappa shape index (κ1) is 21.3. The zero-order chi connectivity index (χ0) is 22.5. The zero-order valence-corrected chi connectivity index (χ0v) is 17.6. The molecule has 164 valence electrons. The number of hydrogen-bond donors (Lipinski definition) is 3. The van der Waals surface area contributed by atoms with Crippen LogP contribution in [0.3, 0.4) is 0 Å². The third kappa shape index (κ3) is 5.01. The summed E-state index contributed by atoms with van der Waals surface area (Å²) in [5.74, 6) is -0.497. The number of nitrogens with zero attached hydrogens (tertiary/aromatic N) is 2. The molecule has 1 saturated heterocycles. The van der Waals surface area contributed by atoms with E-state index in [1.165, 1.54) is 12.3 Å². The number of ether oxygens (including phenoxy) is 1. The number of benzene rings is 2. The van der Waals surface area contributed by atoms with Gasteiger partial charge in [-0.15, -0.1) is 0 Å². The van der Waals surface area contributed by atoms with Gasteiger partial charge in [0.15, 0.2) is 0 Å². The van der Waals surface area contributed by atoms with Gasteiger partial charge in [-0.3, -0.25) is 19.4 Å². The monoisotopic (exact) mass is 433 g/mol. The highest BCUT2D eigenvalue weighted by Gasteiger charge is 2.18. The highest BCUT2D eigenvalue weighted by molar-refractivity contribution is 5.96. The molecule has 0 bridgehead atoms. The van der Waals surface area contributed by atoms with Crippen molar-refractivity contribution in [3.05, 3.63) is 87.4 Å². The van der Waals surface area contributed by atoms with Crippen LogP contribution in [0.1, 0.15) is 26.3 Å². The lowest BCUT2D eigenvalue weighted by Gasteiger charge is -2.27. The Bertz CT molecular complexity index is 1270. The lowest BCUT2D eigenvalue weighted by molar-refractivity contribution is 0.0303. The number of rotatable bonds is 4. The molecule has 0 saturated carbocycles. The molecule has 0 radical (unpaired) electrons. The van der Waals surface area contributed by atoms with Crippen molar-refractivity contribution in [2.24, 2.45) is 4.99 Å². The molecule has 2 aromatic carbocycles. The van der Waals surface area contributed by atoms with Gasteiger partial charge < -0.3 is 19.9 Å². The van der Waals surface area contributed by atoms with Crippen LogP contribution in [-0.4, -0.2) is 53.0 Å². The van der Waals surface area contributed by atoms with Gasteiger partial charge in [0, 0.05) is 47.9 Å². The molecule has 9 heteroatoms. The van der Waals surface area contributed by atoms with Crippen LogP contribution in [0, 0.1) is 6.92 Å². The predicted molar refractivity (Wildman–Crippen MR) is 119 cm³/mol. The molecule has 2 heterocycles. The van der Waals surface area contributed by atoms with Gasteiger partial charge in [-0.05, 0) is 48.9 Å². The summed E-state index contributed by atoms with van der Waals surface area (Å²) in [6.45, 7) is 4.16. The number of nitrogens with one attached hydrogen (secondary N) is 3. The van der Waals surface area contributed by atoms with Crippen LogP contribution < -0.4 is 16.5 Å². The molecule has 9 nitrogen and oxygen atoms in total. The SMILES string of the molecule is Cc1cc(C(=O)/N=c2\[nH]ccc(=O)[nH]2)ccc1Nc1cccc(C(=O)N2CCOCC2)c1. The lowest BCUT2D eigenvalue weighted by Crippen LogP contribution is -2.40. The van der Waals surface area contributed by atoms with Gasteiger partial charge in [0.2, 0.25) is 5.62 Å². The van der Waals surface area contributed by atoms with Gasteiger partial charge in [0.1, 0.15) is 0 Å². The summed E-state index contributed by atoms with van der Waals surface area (Å²) in [6.07, 6.45) is 1.42. The van der Waals surface area contributed by atoms with E-state index in [1.807, 2.05) is 25.1 Å². The second kappa shape index (κ2) is 9.44. The van der Waals surface area contributed by atoms with Crippen LogP contribution >= 0.6 is 0 Å². The second-order valence-corrected chi connectivity index (χ2v) is 7.37. The van der Waals surface area contributed by atoms with Crippen molar-refractivity contribution in [1.29, 1.82) is 0 Å². The predicted octanol–water partition coefficient (Wildman–Crippen LogP) is 1.97. The number of aromatic amines is 2. The topological polar surface area (TPSA) is 120 Å². The van der Waals surface area contributed by atoms with Crippen LogP contribution in [0.15, 0.2) is 64.5 Å².